The largest absolute Gasteiger partial charge is 0.342 e. The van der Waals surface area contributed by atoms with E-state index < -0.39 is 9.84 Å². The van der Waals surface area contributed by atoms with Crippen LogP contribution in [0.1, 0.15) is 19.3 Å². The lowest BCUT2D eigenvalue weighted by Crippen LogP contribution is -2.33. The van der Waals surface area contributed by atoms with Gasteiger partial charge < -0.3 is 4.90 Å². The second-order valence-electron chi connectivity index (χ2n) is 3.68. The van der Waals surface area contributed by atoms with Crippen molar-refractivity contribution in [2.75, 3.05) is 30.5 Å². The van der Waals surface area contributed by atoms with Crippen LogP contribution in [-0.2, 0) is 14.6 Å². The number of hydrogen-bond acceptors (Lipinski definition) is 3. The molecule has 0 bridgehead atoms. The van der Waals surface area contributed by atoms with Gasteiger partial charge in [-0.15, -0.1) is 11.6 Å². The SMILES string of the molecule is O=C(CCCCl)N1CCCS(=O)(=O)CC1. The van der Waals surface area contributed by atoms with Gasteiger partial charge in [-0.05, 0) is 12.8 Å². The van der Waals surface area contributed by atoms with Gasteiger partial charge in [-0.1, -0.05) is 0 Å². The third kappa shape index (κ3) is 4.38. The van der Waals surface area contributed by atoms with E-state index in [9.17, 15) is 13.2 Å². The lowest BCUT2D eigenvalue weighted by atomic mass is 10.3. The molecule has 0 N–H and O–H groups in total. The van der Waals surface area contributed by atoms with E-state index in [1.807, 2.05) is 0 Å². The molecule has 0 aromatic carbocycles. The minimum atomic E-state index is -2.93. The number of carbonyl (C=O) groups excluding carboxylic acids is 1. The summed E-state index contributed by atoms with van der Waals surface area (Å²) in [6, 6.07) is 0. The zero-order valence-corrected chi connectivity index (χ0v) is 10.2. The molecule has 0 aromatic rings. The van der Waals surface area contributed by atoms with Gasteiger partial charge in [-0.25, -0.2) is 8.42 Å². The summed E-state index contributed by atoms with van der Waals surface area (Å²) < 4.78 is 22.6. The number of nitrogens with zero attached hydrogens (tertiary/aromatic N) is 1. The molecule has 1 amide bonds. The van der Waals surface area contributed by atoms with Gasteiger partial charge >= 0.3 is 0 Å². The van der Waals surface area contributed by atoms with E-state index in [-0.39, 0.29) is 17.4 Å². The normalized spacial score (nSPS) is 21.0. The molecule has 0 unspecified atom stereocenters. The van der Waals surface area contributed by atoms with Crippen LogP contribution in [0.2, 0.25) is 0 Å². The average Bonchev–Trinajstić information content (AvgIpc) is 2.36. The second-order valence-corrected chi connectivity index (χ2v) is 6.36. The number of rotatable bonds is 3. The van der Waals surface area contributed by atoms with Crippen LogP contribution < -0.4 is 0 Å². The molecule has 0 radical (unpaired) electrons. The Morgan fingerprint density at radius 3 is 2.67 bits per heavy atom. The van der Waals surface area contributed by atoms with Crippen LogP contribution in [0.25, 0.3) is 0 Å². The van der Waals surface area contributed by atoms with Crippen molar-refractivity contribution in [2.24, 2.45) is 0 Å². The van der Waals surface area contributed by atoms with Crippen LogP contribution >= 0.6 is 11.6 Å². The molecule has 1 saturated heterocycles. The number of amides is 1. The van der Waals surface area contributed by atoms with Crippen molar-refractivity contribution in [3.63, 3.8) is 0 Å². The molecule has 0 aliphatic carbocycles. The van der Waals surface area contributed by atoms with Crippen LogP contribution in [0.15, 0.2) is 0 Å². The highest BCUT2D eigenvalue weighted by Gasteiger charge is 2.21. The summed E-state index contributed by atoms with van der Waals surface area (Å²) in [5.74, 6) is 0.789. The monoisotopic (exact) mass is 253 g/mol. The fourth-order valence-electron chi connectivity index (χ4n) is 1.56. The molecule has 4 nitrogen and oxygen atoms in total. The number of sulfone groups is 1. The van der Waals surface area contributed by atoms with Gasteiger partial charge in [0.25, 0.3) is 0 Å². The van der Waals surface area contributed by atoms with Gasteiger partial charge in [-0.2, -0.15) is 0 Å². The van der Waals surface area contributed by atoms with Crippen molar-refractivity contribution < 1.29 is 13.2 Å². The molecule has 1 rings (SSSR count). The molecule has 0 atom stereocenters. The standard InChI is InChI=1S/C9H16ClNO3S/c10-4-1-3-9(12)11-5-2-7-15(13,14)8-6-11/h1-8H2. The molecule has 0 saturated carbocycles. The highest BCUT2D eigenvalue weighted by atomic mass is 35.5. The van der Waals surface area contributed by atoms with E-state index in [1.54, 1.807) is 4.90 Å². The zero-order chi connectivity index (χ0) is 11.3. The molecule has 1 fully saturated rings. The molecule has 0 aromatic heterocycles. The maximum Gasteiger partial charge on any atom is 0.222 e. The van der Waals surface area contributed by atoms with Crippen molar-refractivity contribution in [1.82, 2.24) is 4.90 Å². The molecular weight excluding hydrogens is 238 g/mol. The summed E-state index contributed by atoms with van der Waals surface area (Å²) >= 11 is 5.50. The molecule has 15 heavy (non-hydrogen) atoms. The van der Waals surface area contributed by atoms with Crippen LogP contribution in [0.4, 0.5) is 0 Å². The molecular formula is C9H16ClNO3S. The van der Waals surface area contributed by atoms with E-state index in [4.69, 9.17) is 11.6 Å². The molecule has 6 heteroatoms. The van der Waals surface area contributed by atoms with E-state index in [2.05, 4.69) is 0 Å². The van der Waals surface area contributed by atoms with Crippen molar-refractivity contribution in [3.8, 4) is 0 Å². The highest BCUT2D eigenvalue weighted by Crippen LogP contribution is 2.07. The average molecular weight is 254 g/mol. The summed E-state index contributed by atoms with van der Waals surface area (Å²) in [4.78, 5) is 13.2. The Kier molecular flexibility index (Phi) is 4.86. The summed E-state index contributed by atoms with van der Waals surface area (Å²) in [7, 11) is -2.93. The lowest BCUT2D eigenvalue weighted by Gasteiger charge is -2.19. The lowest BCUT2D eigenvalue weighted by molar-refractivity contribution is -0.130. The fraction of sp³-hybridized carbons (Fsp3) is 0.889. The topological polar surface area (TPSA) is 54.5 Å². The third-order valence-electron chi connectivity index (χ3n) is 2.43. The van der Waals surface area contributed by atoms with Gasteiger partial charge in [-0.3, -0.25) is 4.79 Å². The van der Waals surface area contributed by atoms with E-state index in [1.165, 1.54) is 0 Å². The summed E-state index contributed by atoms with van der Waals surface area (Å²) in [6.07, 6.45) is 1.63. The van der Waals surface area contributed by atoms with E-state index >= 15 is 0 Å². The fourth-order valence-corrected chi connectivity index (χ4v) is 2.97. The summed E-state index contributed by atoms with van der Waals surface area (Å²) in [5, 5.41) is 0. The van der Waals surface area contributed by atoms with Gasteiger partial charge in [0, 0.05) is 25.4 Å². The highest BCUT2D eigenvalue weighted by molar-refractivity contribution is 7.91. The number of alkyl halides is 1. The predicted octanol–water partition coefficient (Wildman–Crippen LogP) is 0.653. The Bertz CT molecular complexity index is 315. The van der Waals surface area contributed by atoms with Crippen molar-refractivity contribution in [2.45, 2.75) is 19.3 Å². The third-order valence-corrected chi connectivity index (χ3v) is 4.42. The molecule has 88 valence electrons. The Labute approximate surface area is 95.5 Å². The number of halogens is 1. The van der Waals surface area contributed by atoms with Crippen LogP contribution in [0.5, 0.6) is 0 Å². The van der Waals surface area contributed by atoms with Crippen molar-refractivity contribution in [1.29, 1.82) is 0 Å². The summed E-state index contributed by atoms with van der Waals surface area (Å²) in [5.41, 5.74) is 0. The maximum atomic E-state index is 11.6. The quantitative estimate of drug-likeness (QED) is 0.694. The molecule has 1 aliphatic rings. The first-order valence-corrected chi connectivity index (χ1v) is 7.45. The minimum Gasteiger partial charge on any atom is -0.342 e. The number of carbonyl (C=O) groups is 1. The maximum absolute atomic E-state index is 11.6. The van der Waals surface area contributed by atoms with Crippen molar-refractivity contribution >= 4 is 27.3 Å². The van der Waals surface area contributed by atoms with Crippen molar-refractivity contribution in [3.05, 3.63) is 0 Å². The smallest absolute Gasteiger partial charge is 0.222 e. The van der Waals surface area contributed by atoms with Crippen LogP contribution in [0.3, 0.4) is 0 Å². The van der Waals surface area contributed by atoms with Gasteiger partial charge in [0.2, 0.25) is 5.91 Å². The first kappa shape index (κ1) is 12.8. The predicted molar refractivity (Wildman–Crippen MR) is 59.8 cm³/mol. The zero-order valence-electron chi connectivity index (χ0n) is 8.62. The minimum absolute atomic E-state index is 0.0211. The Balaban J connectivity index is 2.47. The molecule has 1 aliphatic heterocycles. The van der Waals surface area contributed by atoms with Gasteiger partial charge in [0.05, 0.1) is 11.5 Å². The van der Waals surface area contributed by atoms with E-state index in [0.717, 1.165) is 0 Å². The second kappa shape index (κ2) is 5.70. The Morgan fingerprint density at radius 1 is 1.27 bits per heavy atom. The van der Waals surface area contributed by atoms with Gasteiger partial charge in [0.1, 0.15) is 0 Å². The Morgan fingerprint density at radius 2 is 2.00 bits per heavy atom. The first-order valence-electron chi connectivity index (χ1n) is 5.09. The first-order chi connectivity index (χ1) is 7.05. The van der Waals surface area contributed by atoms with Gasteiger partial charge in [0.15, 0.2) is 9.84 Å². The summed E-state index contributed by atoms with van der Waals surface area (Å²) in [6.45, 7) is 0.893. The van der Waals surface area contributed by atoms with Crippen LogP contribution in [-0.4, -0.2) is 49.7 Å². The number of hydrogen-bond donors (Lipinski definition) is 0. The van der Waals surface area contributed by atoms with Crippen LogP contribution in [0, 0.1) is 0 Å². The molecule has 1 heterocycles. The van der Waals surface area contributed by atoms with E-state index in [0.29, 0.717) is 38.2 Å². The Hall–Kier alpha value is -0.290. The molecule has 0 spiro atoms.